The molecule has 0 aromatic heterocycles. The maximum Gasteiger partial charge on any atom is 0.314 e. The van der Waals surface area contributed by atoms with Gasteiger partial charge in [0.15, 0.2) is 6.54 Å². The van der Waals surface area contributed by atoms with Gasteiger partial charge < -0.3 is 15.0 Å². The highest BCUT2D eigenvalue weighted by molar-refractivity contribution is 6.31. The topological polar surface area (TPSA) is 59.8 Å². The Labute approximate surface area is 141 Å². The van der Waals surface area contributed by atoms with E-state index in [1.807, 2.05) is 26.0 Å². The molecule has 1 aliphatic heterocycles. The van der Waals surface area contributed by atoms with Crippen LogP contribution in [0.5, 0.6) is 0 Å². The van der Waals surface area contributed by atoms with E-state index in [2.05, 4.69) is 5.32 Å². The number of halogens is 1. The zero-order valence-corrected chi connectivity index (χ0v) is 14.4. The molecule has 1 aromatic rings. The Hall–Kier alpha value is -1.59. The van der Waals surface area contributed by atoms with Crippen molar-refractivity contribution in [1.82, 2.24) is 0 Å². The number of quaternary nitrogens is 1. The highest BCUT2D eigenvalue weighted by atomic mass is 35.5. The third-order valence-corrected chi connectivity index (χ3v) is 4.60. The highest BCUT2D eigenvalue weighted by Crippen LogP contribution is 2.22. The van der Waals surface area contributed by atoms with Gasteiger partial charge in [-0.2, -0.15) is 0 Å². The summed E-state index contributed by atoms with van der Waals surface area (Å²) in [5.41, 5.74) is 1.60. The molecule has 5 nitrogen and oxygen atoms in total. The van der Waals surface area contributed by atoms with Gasteiger partial charge in [0.05, 0.1) is 19.7 Å². The van der Waals surface area contributed by atoms with Crippen LogP contribution in [-0.4, -0.2) is 38.1 Å². The average molecular weight is 340 g/mol. The number of hydrogen-bond acceptors (Lipinski definition) is 3. The van der Waals surface area contributed by atoms with Crippen LogP contribution < -0.4 is 10.2 Å². The number of benzene rings is 1. The van der Waals surface area contributed by atoms with Crippen molar-refractivity contribution >= 4 is 29.2 Å². The third kappa shape index (κ3) is 4.94. The molecule has 1 aromatic carbocycles. The van der Waals surface area contributed by atoms with E-state index in [-0.39, 0.29) is 17.8 Å². The molecular weight excluding hydrogens is 316 g/mol. The van der Waals surface area contributed by atoms with Crippen LogP contribution in [-0.2, 0) is 14.3 Å². The van der Waals surface area contributed by atoms with Gasteiger partial charge in [0, 0.05) is 10.7 Å². The predicted octanol–water partition coefficient (Wildman–Crippen LogP) is 1.44. The molecule has 1 saturated heterocycles. The fourth-order valence-corrected chi connectivity index (χ4v) is 3.11. The second-order valence-corrected chi connectivity index (χ2v) is 6.34. The predicted molar refractivity (Wildman–Crippen MR) is 89.7 cm³/mol. The number of nitrogens with one attached hydrogen (secondary N) is 2. The molecule has 2 atom stereocenters. The first-order valence-electron chi connectivity index (χ1n) is 8.06. The quantitative estimate of drug-likeness (QED) is 0.798. The molecule has 1 unspecified atom stereocenters. The molecule has 23 heavy (non-hydrogen) atoms. The summed E-state index contributed by atoms with van der Waals surface area (Å²) in [7, 11) is 0. The van der Waals surface area contributed by atoms with Crippen LogP contribution >= 0.6 is 11.6 Å². The molecule has 0 radical (unpaired) electrons. The monoisotopic (exact) mass is 339 g/mol. The van der Waals surface area contributed by atoms with Gasteiger partial charge in [0.25, 0.3) is 5.91 Å². The average Bonchev–Trinajstić information content (AvgIpc) is 2.52. The van der Waals surface area contributed by atoms with Crippen LogP contribution in [0.2, 0.25) is 5.02 Å². The number of piperidine rings is 1. The lowest BCUT2D eigenvalue weighted by Crippen LogP contribution is -3.14. The maximum absolute atomic E-state index is 12.3. The molecule has 2 N–H and O–H groups in total. The van der Waals surface area contributed by atoms with Crippen LogP contribution in [0.15, 0.2) is 18.2 Å². The minimum absolute atomic E-state index is 0.0603. The lowest BCUT2D eigenvalue weighted by Gasteiger charge is -2.28. The highest BCUT2D eigenvalue weighted by Gasteiger charge is 2.30. The van der Waals surface area contributed by atoms with Crippen molar-refractivity contribution in [3.8, 4) is 0 Å². The number of carbonyl (C=O) groups excluding carboxylic acids is 2. The molecule has 1 aliphatic rings. The van der Waals surface area contributed by atoms with Crippen LogP contribution in [0.3, 0.4) is 0 Å². The van der Waals surface area contributed by atoms with Crippen molar-refractivity contribution in [2.45, 2.75) is 26.7 Å². The summed E-state index contributed by atoms with van der Waals surface area (Å²) in [4.78, 5) is 25.2. The van der Waals surface area contributed by atoms with Gasteiger partial charge >= 0.3 is 5.97 Å². The fourth-order valence-electron chi connectivity index (χ4n) is 2.94. The van der Waals surface area contributed by atoms with Crippen molar-refractivity contribution in [1.29, 1.82) is 0 Å². The maximum atomic E-state index is 12.3. The van der Waals surface area contributed by atoms with E-state index in [1.165, 1.54) is 0 Å². The fraction of sp³-hybridized carbons (Fsp3) is 0.529. The number of esters is 1. The molecule has 1 fully saturated rings. The first kappa shape index (κ1) is 17.8. The van der Waals surface area contributed by atoms with Gasteiger partial charge in [-0.1, -0.05) is 17.7 Å². The molecule has 0 aliphatic carbocycles. The normalized spacial score (nSPS) is 20.8. The molecule has 1 amide bonds. The van der Waals surface area contributed by atoms with Crippen LogP contribution in [0, 0.1) is 12.8 Å². The van der Waals surface area contributed by atoms with E-state index >= 15 is 0 Å². The molecule has 0 spiro atoms. The van der Waals surface area contributed by atoms with Gasteiger partial charge in [-0.3, -0.25) is 9.59 Å². The summed E-state index contributed by atoms with van der Waals surface area (Å²) in [5.74, 6) is -0.301. The minimum Gasteiger partial charge on any atom is -0.466 e. The lowest BCUT2D eigenvalue weighted by atomic mass is 9.98. The van der Waals surface area contributed by atoms with E-state index in [9.17, 15) is 9.59 Å². The van der Waals surface area contributed by atoms with Crippen molar-refractivity contribution in [3.05, 3.63) is 28.8 Å². The smallest absolute Gasteiger partial charge is 0.314 e. The van der Waals surface area contributed by atoms with Gasteiger partial charge in [0.1, 0.15) is 5.92 Å². The Kier molecular flexibility index (Phi) is 6.42. The van der Waals surface area contributed by atoms with Gasteiger partial charge in [-0.15, -0.1) is 0 Å². The summed E-state index contributed by atoms with van der Waals surface area (Å²) in [6.45, 7) is 5.99. The number of hydrogen-bond donors (Lipinski definition) is 2. The Balaban J connectivity index is 1.89. The summed E-state index contributed by atoms with van der Waals surface area (Å²) in [5, 5.41) is 3.54. The summed E-state index contributed by atoms with van der Waals surface area (Å²) in [6.07, 6.45) is 1.78. The van der Waals surface area contributed by atoms with E-state index < -0.39 is 0 Å². The van der Waals surface area contributed by atoms with Crippen LogP contribution in [0.4, 0.5) is 5.69 Å². The van der Waals surface area contributed by atoms with Crippen LogP contribution in [0.25, 0.3) is 0 Å². The number of amides is 1. The van der Waals surface area contributed by atoms with E-state index in [4.69, 9.17) is 16.3 Å². The molecular formula is C17H24ClN2O3+. The second kappa shape index (κ2) is 8.31. The molecule has 0 bridgehead atoms. The molecule has 1 heterocycles. The van der Waals surface area contributed by atoms with E-state index in [0.717, 1.165) is 35.5 Å². The first-order valence-corrected chi connectivity index (χ1v) is 8.44. The van der Waals surface area contributed by atoms with Crippen molar-refractivity contribution in [2.24, 2.45) is 5.92 Å². The van der Waals surface area contributed by atoms with E-state index in [0.29, 0.717) is 24.7 Å². The summed E-state index contributed by atoms with van der Waals surface area (Å²) >= 11 is 6.06. The number of ether oxygens (including phenoxy) is 1. The minimum atomic E-state index is -0.143. The Morgan fingerprint density at radius 2 is 2.22 bits per heavy atom. The van der Waals surface area contributed by atoms with Crippen molar-refractivity contribution in [2.75, 3.05) is 31.6 Å². The molecule has 6 heteroatoms. The lowest BCUT2D eigenvalue weighted by molar-refractivity contribution is -0.899. The second-order valence-electron chi connectivity index (χ2n) is 5.93. The Morgan fingerprint density at radius 1 is 1.43 bits per heavy atom. The van der Waals surface area contributed by atoms with Gasteiger partial charge in [0.2, 0.25) is 0 Å². The standard InChI is InChI=1S/C17H23ClN2O3/c1-3-23-17(22)13-6-5-9-20(10-13)11-16(21)19-15-8-4-7-14(18)12(15)2/h4,7-8,13H,3,5-6,9-11H2,1-2H3,(H,19,21)/p+1/t13-/m1/s1. The van der Waals surface area contributed by atoms with Crippen molar-refractivity contribution in [3.63, 3.8) is 0 Å². The summed E-state index contributed by atoms with van der Waals surface area (Å²) < 4.78 is 5.09. The number of carbonyl (C=O) groups is 2. The first-order chi connectivity index (χ1) is 11.0. The van der Waals surface area contributed by atoms with E-state index in [1.54, 1.807) is 6.07 Å². The summed E-state index contributed by atoms with van der Waals surface area (Å²) in [6, 6.07) is 5.45. The molecule has 2 rings (SSSR count). The Morgan fingerprint density at radius 3 is 2.96 bits per heavy atom. The third-order valence-electron chi connectivity index (χ3n) is 4.19. The van der Waals surface area contributed by atoms with Gasteiger partial charge in [-0.05, 0) is 44.4 Å². The molecule has 0 saturated carbocycles. The molecule has 126 valence electrons. The largest absolute Gasteiger partial charge is 0.466 e. The van der Waals surface area contributed by atoms with Gasteiger partial charge in [-0.25, -0.2) is 0 Å². The zero-order chi connectivity index (χ0) is 16.8. The SMILES string of the molecule is CCOC(=O)[C@@H]1CCC[NH+](CC(=O)Nc2cccc(Cl)c2C)C1. The Bertz CT molecular complexity index is 577. The number of anilines is 1. The van der Waals surface area contributed by atoms with Crippen molar-refractivity contribution < 1.29 is 19.2 Å². The number of rotatable bonds is 5. The zero-order valence-electron chi connectivity index (χ0n) is 13.7. The van der Waals surface area contributed by atoms with Crippen LogP contribution in [0.1, 0.15) is 25.3 Å². The number of likely N-dealkylation sites (tertiary alicyclic amines) is 1.